The van der Waals surface area contributed by atoms with E-state index in [-0.39, 0.29) is 5.57 Å². The quantitative estimate of drug-likeness (QED) is 0.362. The van der Waals surface area contributed by atoms with Gasteiger partial charge in [0.25, 0.3) is 0 Å². The number of nitrogens with zero attached hydrogens (tertiary/aromatic N) is 1. The van der Waals surface area contributed by atoms with Crippen LogP contribution in [0, 0.1) is 6.57 Å². The topological polar surface area (TPSA) is 41.7 Å². The monoisotopic (exact) mass is 139 g/mol. The molecule has 0 aromatic heterocycles. The average molecular weight is 139 g/mol. The molecule has 3 nitrogen and oxygen atoms in total. The predicted molar refractivity (Wildman–Crippen MR) is 37.5 cm³/mol. The molecule has 10 heavy (non-hydrogen) atoms. The maximum Gasteiger partial charge on any atom is 0.330 e. The van der Waals surface area contributed by atoms with Crippen LogP contribution in [0.25, 0.3) is 4.85 Å². The lowest BCUT2D eigenvalue weighted by Gasteiger charge is -1.93. The first-order valence-corrected chi connectivity index (χ1v) is 2.92. The number of hydrogen-bond acceptors (Lipinski definition) is 1. The van der Waals surface area contributed by atoms with E-state index >= 15 is 0 Å². The third-order valence-corrected chi connectivity index (χ3v) is 1.05. The molecule has 0 aromatic carbocycles. The lowest BCUT2D eigenvalue weighted by atomic mass is 10.2. The SMILES string of the molecule is [C-]#[N+]CCCC(=C)C(=O)O. The number of carboxylic acids is 1. The average Bonchev–Trinajstić information content (AvgIpc) is 1.88. The summed E-state index contributed by atoms with van der Waals surface area (Å²) in [6.07, 6.45) is 1.01. The van der Waals surface area contributed by atoms with Crippen LogP contribution < -0.4 is 0 Å². The van der Waals surface area contributed by atoms with Crippen LogP contribution in [0.5, 0.6) is 0 Å². The summed E-state index contributed by atoms with van der Waals surface area (Å²) < 4.78 is 0. The number of hydrogen-bond donors (Lipinski definition) is 1. The van der Waals surface area contributed by atoms with Crippen LogP contribution in [0.15, 0.2) is 12.2 Å². The summed E-state index contributed by atoms with van der Waals surface area (Å²) in [5.41, 5.74) is 0.184. The summed E-state index contributed by atoms with van der Waals surface area (Å²) >= 11 is 0. The first-order chi connectivity index (χ1) is 4.68. The number of aliphatic carboxylic acids is 1. The summed E-state index contributed by atoms with van der Waals surface area (Å²) in [5, 5.41) is 8.30. The highest BCUT2D eigenvalue weighted by Gasteiger charge is 2.02. The fraction of sp³-hybridized carbons (Fsp3) is 0.429. The minimum absolute atomic E-state index is 0.184. The first-order valence-electron chi connectivity index (χ1n) is 2.92. The van der Waals surface area contributed by atoms with Gasteiger partial charge in [0, 0.05) is 12.0 Å². The summed E-state index contributed by atoms with van der Waals surface area (Å²) in [6.45, 7) is 10.1. The highest BCUT2D eigenvalue weighted by molar-refractivity contribution is 5.85. The molecule has 0 saturated heterocycles. The molecule has 0 unspecified atom stereocenters. The molecule has 1 N–H and O–H groups in total. The lowest BCUT2D eigenvalue weighted by Crippen LogP contribution is -1.98. The zero-order chi connectivity index (χ0) is 7.98. The molecular weight excluding hydrogens is 130 g/mol. The van der Waals surface area contributed by atoms with Crippen molar-refractivity contribution in [2.75, 3.05) is 6.54 Å². The van der Waals surface area contributed by atoms with Gasteiger partial charge in [-0.05, 0) is 6.42 Å². The van der Waals surface area contributed by atoms with Crippen LogP contribution in [0.4, 0.5) is 0 Å². The molecule has 0 fully saturated rings. The molecule has 0 saturated carbocycles. The van der Waals surface area contributed by atoms with E-state index < -0.39 is 5.97 Å². The van der Waals surface area contributed by atoms with Gasteiger partial charge in [0.15, 0.2) is 0 Å². The maximum absolute atomic E-state index is 10.1. The molecule has 0 aliphatic heterocycles. The van der Waals surface area contributed by atoms with Crippen molar-refractivity contribution in [3.63, 3.8) is 0 Å². The van der Waals surface area contributed by atoms with E-state index in [4.69, 9.17) is 11.7 Å². The zero-order valence-corrected chi connectivity index (χ0v) is 5.63. The van der Waals surface area contributed by atoms with Crippen LogP contribution in [0.2, 0.25) is 0 Å². The van der Waals surface area contributed by atoms with E-state index in [0.29, 0.717) is 19.4 Å². The predicted octanol–water partition coefficient (Wildman–Crippen LogP) is 1.33. The van der Waals surface area contributed by atoms with E-state index in [0.717, 1.165) is 0 Å². The van der Waals surface area contributed by atoms with Gasteiger partial charge in [0.1, 0.15) is 0 Å². The van der Waals surface area contributed by atoms with Crippen molar-refractivity contribution in [3.05, 3.63) is 23.6 Å². The second kappa shape index (κ2) is 4.57. The Morgan fingerprint density at radius 3 is 2.70 bits per heavy atom. The maximum atomic E-state index is 10.1. The van der Waals surface area contributed by atoms with Crippen molar-refractivity contribution in [3.8, 4) is 0 Å². The molecule has 0 atom stereocenters. The summed E-state index contributed by atoms with van der Waals surface area (Å²) in [5.74, 6) is -0.968. The third-order valence-electron chi connectivity index (χ3n) is 1.05. The molecule has 0 aliphatic rings. The molecule has 3 heteroatoms. The van der Waals surface area contributed by atoms with Crippen molar-refractivity contribution < 1.29 is 9.90 Å². The Labute approximate surface area is 59.8 Å². The zero-order valence-electron chi connectivity index (χ0n) is 5.63. The molecule has 0 aromatic rings. The van der Waals surface area contributed by atoms with Crippen molar-refractivity contribution in [2.24, 2.45) is 0 Å². The van der Waals surface area contributed by atoms with Gasteiger partial charge in [0.05, 0.1) is 0 Å². The largest absolute Gasteiger partial charge is 0.478 e. The fourth-order valence-corrected chi connectivity index (χ4v) is 0.478. The summed E-state index contributed by atoms with van der Waals surface area (Å²) in [4.78, 5) is 13.2. The second-order valence-electron chi connectivity index (χ2n) is 1.89. The van der Waals surface area contributed by atoms with Crippen molar-refractivity contribution in [1.82, 2.24) is 0 Å². The van der Waals surface area contributed by atoms with E-state index in [2.05, 4.69) is 11.4 Å². The Bertz CT molecular complexity index is 179. The number of carbonyl (C=O) groups is 1. The highest BCUT2D eigenvalue weighted by atomic mass is 16.4. The minimum Gasteiger partial charge on any atom is -0.478 e. The van der Waals surface area contributed by atoms with Crippen LogP contribution in [-0.4, -0.2) is 17.6 Å². The standard InChI is InChI=1S/C7H9NO2/c1-6(7(9)10)4-3-5-8-2/h1,3-5H2,(H,9,10). The Hall–Kier alpha value is -1.30. The minimum atomic E-state index is -0.968. The second-order valence-corrected chi connectivity index (χ2v) is 1.89. The van der Waals surface area contributed by atoms with Gasteiger partial charge in [-0.2, -0.15) is 0 Å². The smallest absolute Gasteiger partial charge is 0.330 e. The molecule has 54 valence electrons. The van der Waals surface area contributed by atoms with Crippen LogP contribution in [0.1, 0.15) is 12.8 Å². The summed E-state index contributed by atoms with van der Waals surface area (Å²) in [7, 11) is 0. The van der Waals surface area contributed by atoms with Crippen LogP contribution in [0.3, 0.4) is 0 Å². The molecule has 0 heterocycles. The van der Waals surface area contributed by atoms with Gasteiger partial charge < -0.3 is 9.95 Å². The molecule has 0 radical (unpaired) electrons. The van der Waals surface area contributed by atoms with E-state index in [1.807, 2.05) is 0 Å². The van der Waals surface area contributed by atoms with Crippen molar-refractivity contribution in [1.29, 1.82) is 0 Å². The summed E-state index contributed by atoms with van der Waals surface area (Å²) in [6, 6.07) is 0. The van der Waals surface area contributed by atoms with Gasteiger partial charge in [-0.3, -0.25) is 0 Å². The molecule has 0 aliphatic carbocycles. The molecule has 0 rings (SSSR count). The first kappa shape index (κ1) is 8.70. The Balaban J connectivity index is 3.43. The van der Waals surface area contributed by atoms with Gasteiger partial charge in [-0.15, -0.1) is 0 Å². The normalized spacial score (nSPS) is 8.30. The molecule has 0 bridgehead atoms. The van der Waals surface area contributed by atoms with Crippen molar-refractivity contribution in [2.45, 2.75) is 12.8 Å². The Morgan fingerprint density at radius 1 is 1.70 bits per heavy atom. The van der Waals surface area contributed by atoms with Gasteiger partial charge >= 0.3 is 5.97 Å². The number of carboxylic acid groups (broad SMARTS) is 1. The third kappa shape index (κ3) is 3.67. The van der Waals surface area contributed by atoms with Gasteiger partial charge in [-0.1, -0.05) is 6.58 Å². The molecule has 0 spiro atoms. The van der Waals surface area contributed by atoms with Gasteiger partial charge in [-0.25, -0.2) is 11.4 Å². The fourth-order valence-electron chi connectivity index (χ4n) is 0.478. The van der Waals surface area contributed by atoms with Gasteiger partial charge in [0.2, 0.25) is 6.54 Å². The highest BCUT2D eigenvalue weighted by Crippen LogP contribution is 2.01. The van der Waals surface area contributed by atoms with E-state index in [1.54, 1.807) is 0 Å². The van der Waals surface area contributed by atoms with Crippen LogP contribution >= 0.6 is 0 Å². The van der Waals surface area contributed by atoms with E-state index in [9.17, 15) is 4.79 Å². The Kier molecular flexibility index (Phi) is 3.97. The number of rotatable bonds is 4. The van der Waals surface area contributed by atoms with Crippen LogP contribution in [-0.2, 0) is 4.79 Å². The molecular formula is C7H9NO2. The van der Waals surface area contributed by atoms with E-state index in [1.165, 1.54) is 0 Å². The Morgan fingerprint density at radius 2 is 2.30 bits per heavy atom. The lowest BCUT2D eigenvalue weighted by molar-refractivity contribution is -0.132. The van der Waals surface area contributed by atoms with Crippen molar-refractivity contribution >= 4 is 5.97 Å². The molecule has 0 amide bonds.